The first-order valence-corrected chi connectivity index (χ1v) is 7.20. The van der Waals surface area contributed by atoms with Crippen molar-refractivity contribution in [1.82, 2.24) is 9.97 Å². The van der Waals surface area contributed by atoms with Crippen molar-refractivity contribution in [3.63, 3.8) is 0 Å². The molecule has 2 aliphatic carbocycles. The van der Waals surface area contributed by atoms with Gasteiger partial charge in [0.15, 0.2) is 0 Å². The normalized spacial score (nSPS) is 31.6. The fourth-order valence-corrected chi connectivity index (χ4v) is 3.90. The maximum absolute atomic E-state index is 4.57. The van der Waals surface area contributed by atoms with Gasteiger partial charge in [-0.05, 0) is 57.8 Å². The fourth-order valence-electron chi connectivity index (χ4n) is 3.90. The van der Waals surface area contributed by atoms with Crippen LogP contribution in [0.25, 0.3) is 0 Å². The standard InChI is InChI=1S/C15H23N3/c1-9-8-16-11(3)15(17-9)18-10(2)14-7-12-4-5-13(14)6-12/h8,10,12-14H,4-7H2,1-3H3,(H,17,18)/t10-,12-,13-,14-/m0/s1. The summed E-state index contributed by atoms with van der Waals surface area (Å²) in [5.74, 6) is 3.78. The van der Waals surface area contributed by atoms with E-state index in [-0.39, 0.29) is 0 Å². The third kappa shape index (κ3) is 2.11. The minimum Gasteiger partial charge on any atom is -0.366 e. The number of nitrogens with one attached hydrogen (secondary N) is 1. The molecule has 18 heavy (non-hydrogen) atoms. The van der Waals surface area contributed by atoms with E-state index in [0.29, 0.717) is 6.04 Å². The van der Waals surface area contributed by atoms with E-state index in [0.717, 1.165) is 35.0 Å². The molecule has 0 aliphatic heterocycles. The number of rotatable bonds is 3. The minimum atomic E-state index is 0.523. The molecule has 3 heteroatoms. The van der Waals surface area contributed by atoms with Crippen LogP contribution in [0.1, 0.15) is 44.0 Å². The van der Waals surface area contributed by atoms with E-state index in [2.05, 4.69) is 22.2 Å². The average molecular weight is 245 g/mol. The molecule has 2 fully saturated rings. The third-order valence-electron chi connectivity index (χ3n) is 4.88. The molecule has 0 saturated heterocycles. The van der Waals surface area contributed by atoms with Gasteiger partial charge in [-0.3, -0.25) is 4.98 Å². The van der Waals surface area contributed by atoms with Gasteiger partial charge < -0.3 is 5.32 Å². The molecule has 0 aromatic carbocycles. The first-order valence-electron chi connectivity index (χ1n) is 7.20. The maximum Gasteiger partial charge on any atom is 0.147 e. The Morgan fingerprint density at radius 1 is 1.28 bits per heavy atom. The predicted molar refractivity (Wildman–Crippen MR) is 73.5 cm³/mol. The highest BCUT2D eigenvalue weighted by Gasteiger charge is 2.41. The summed E-state index contributed by atoms with van der Waals surface area (Å²) >= 11 is 0. The molecule has 0 spiro atoms. The van der Waals surface area contributed by atoms with E-state index in [1.54, 1.807) is 0 Å². The summed E-state index contributed by atoms with van der Waals surface area (Å²) in [5.41, 5.74) is 2.00. The van der Waals surface area contributed by atoms with Crippen molar-refractivity contribution >= 4 is 5.82 Å². The van der Waals surface area contributed by atoms with E-state index in [9.17, 15) is 0 Å². The largest absolute Gasteiger partial charge is 0.366 e. The van der Waals surface area contributed by atoms with E-state index in [1.807, 2.05) is 20.0 Å². The van der Waals surface area contributed by atoms with E-state index < -0.39 is 0 Å². The van der Waals surface area contributed by atoms with Crippen LogP contribution in [0.2, 0.25) is 0 Å². The number of hydrogen-bond acceptors (Lipinski definition) is 3. The number of nitrogens with zero attached hydrogens (tertiary/aromatic N) is 2. The minimum absolute atomic E-state index is 0.523. The topological polar surface area (TPSA) is 37.8 Å². The number of hydrogen-bond donors (Lipinski definition) is 1. The van der Waals surface area contributed by atoms with Crippen LogP contribution in [0.5, 0.6) is 0 Å². The Kier molecular flexibility index (Phi) is 3.00. The van der Waals surface area contributed by atoms with E-state index >= 15 is 0 Å². The molecular weight excluding hydrogens is 222 g/mol. The predicted octanol–water partition coefficient (Wildman–Crippen LogP) is 3.33. The number of aromatic nitrogens is 2. The fraction of sp³-hybridized carbons (Fsp3) is 0.733. The van der Waals surface area contributed by atoms with Crippen LogP contribution in [0.15, 0.2) is 6.20 Å². The van der Waals surface area contributed by atoms with Gasteiger partial charge in [0.25, 0.3) is 0 Å². The van der Waals surface area contributed by atoms with Gasteiger partial charge in [0, 0.05) is 12.2 Å². The zero-order chi connectivity index (χ0) is 12.7. The first-order chi connectivity index (χ1) is 8.63. The SMILES string of the molecule is Cc1cnc(C)c(N[C@@H](C)[C@@H]2C[C@H]3CC[C@H]2C3)n1. The summed E-state index contributed by atoms with van der Waals surface area (Å²) in [6, 6.07) is 0.523. The van der Waals surface area contributed by atoms with Gasteiger partial charge in [-0.2, -0.15) is 0 Å². The monoisotopic (exact) mass is 245 g/mol. The average Bonchev–Trinajstić information content (AvgIpc) is 2.96. The number of fused-ring (bicyclic) bond motifs is 2. The van der Waals surface area contributed by atoms with Crippen LogP contribution < -0.4 is 5.32 Å². The van der Waals surface area contributed by atoms with Gasteiger partial charge in [-0.1, -0.05) is 6.42 Å². The molecule has 1 aromatic rings. The van der Waals surface area contributed by atoms with Crippen molar-refractivity contribution in [3.8, 4) is 0 Å². The highest BCUT2D eigenvalue weighted by molar-refractivity contribution is 5.40. The van der Waals surface area contributed by atoms with Gasteiger partial charge in [0.1, 0.15) is 5.82 Å². The van der Waals surface area contributed by atoms with Crippen molar-refractivity contribution in [2.45, 2.75) is 52.5 Å². The summed E-state index contributed by atoms with van der Waals surface area (Å²) in [6.45, 7) is 6.34. The molecule has 0 unspecified atom stereocenters. The Hall–Kier alpha value is -1.12. The molecule has 1 heterocycles. The number of aryl methyl sites for hydroxylation is 2. The molecule has 98 valence electrons. The molecule has 1 aromatic heterocycles. The van der Waals surface area contributed by atoms with Crippen molar-refractivity contribution < 1.29 is 0 Å². The van der Waals surface area contributed by atoms with Crippen molar-refractivity contribution in [2.24, 2.45) is 17.8 Å². The Morgan fingerprint density at radius 2 is 2.11 bits per heavy atom. The van der Waals surface area contributed by atoms with Gasteiger partial charge in [-0.25, -0.2) is 4.98 Å². The Labute approximate surface area is 109 Å². The van der Waals surface area contributed by atoms with E-state index in [4.69, 9.17) is 0 Å². The Bertz CT molecular complexity index is 443. The molecule has 0 amide bonds. The summed E-state index contributed by atoms with van der Waals surface area (Å²) < 4.78 is 0. The molecule has 2 bridgehead atoms. The lowest BCUT2D eigenvalue weighted by Gasteiger charge is -2.29. The molecule has 3 rings (SSSR count). The van der Waals surface area contributed by atoms with Crippen molar-refractivity contribution in [1.29, 1.82) is 0 Å². The highest BCUT2D eigenvalue weighted by Crippen LogP contribution is 2.49. The second kappa shape index (κ2) is 4.52. The lowest BCUT2D eigenvalue weighted by Crippen LogP contribution is -2.30. The van der Waals surface area contributed by atoms with Crippen LogP contribution >= 0.6 is 0 Å². The molecule has 4 atom stereocenters. The molecule has 1 N–H and O–H groups in total. The second-order valence-corrected chi connectivity index (χ2v) is 6.22. The van der Waals surface area contributed by atoms with Crippen LogP contribution in [-0.2, 0) is 0 Å². The zero-order valence-corrected chi connectivity index (χ0v) is 11.6. The highest BCUT2D eigenvalue weighted by atomic mass is 15.0. The van der Waals surface area contributed by atoms with Crippen LogP contribution in [0.4, 0.5) is 5.82 Å². The number of anilines is 1. The van der Waals surface area contributed by atoms with Crippen LogP contribution in [0, 0.1) is 31.6 Å². The molecular formula is C15H23N3. The van der Waals surface area contributed by atoms with Gasteiger partial charge in [-0.15, -0.1) is 0 Å². The quantitative estimate of drug-likeness (QED) is 0.887. The molecule has 2 saturated carbocycles. The molecule has 0 radical (unpaired) electrons. The zero-order valence-electron chi connectivity index (χ0n) is 11.6. The van der Waals surface area contributed by atoms with Crippen LogP contribution in [-0.4, -0.2) is 16.0 Å². The Balaban J connectivity index is 1.70. The van der Waals surface area contributed by atoms with Crippen molar-refractivity contribution in [3.05, 3.63) is 17.6 Å². The van der Waals surface area contributed by atoms with Gasteiger partial charge >= 0.3 is 0 Å². The van der Waals surface area contributed by atoms with Crippen LogP contribution in [0.3, 0.4) is 0 Å². The molecule has 2 aliphatic rings. The lowest BCUT2D eigenvalue weighted by atomic mass is 9.84. The second-order valence-electron chi connectivity index (χ2n) is 6.22. The first kappa shape index (κ1) is 11.9. The summed E-state index contributed by atoms with van der Waals surface area (Å²) in [5, 5.41) is 3.60. The summed E-state index contributed by atoms with van der Waals surface area (Å²) in [4.78, 5) is 8.95. The van der Waals surface area contributed by atoms with E-state index in [1.165, 1.54) is 25.7 Å². The molecule has 3 nitrogen and oxygen atoms in total. The maximum atomic E-state index is 4.57. The Morgan fingerprint density at radius 3 is 2.78 bits per heavy atom. The van der Waals surface area contributed by atoms with Gasteiger partial charge in [0.2, 0.25) is 0 Å². The van der Waals surface area contributed by atoms with Crippen molar-refractivity contribution in [2.75, 3.05) is 5.32 Å². The summed E-state index contributed by atoms with van der Waals surface area (Å²) in [6.07, 6.45) is 7.63. The summed E-state index contributed by atoms with van der Waals surface area (Å²) in [7, 11) is 0. The third-order valence-corrected chi connectivity index (χ3v) is 4.88. The smallest absolute Gasteiger partial charge is 0.147 e. The van der Waals surface area contributed by atoms with Gasteiger partial charge in [0.05, 0.1) is 11.4 Å². The lowest BCUT2D eigenvalue weighted by molar-refractivity contribution is 0.304.